The smallest absolute Gasteiger partial charge is 0.348 e. The zero-order chi connectivity index (χ0) is 21.1. The van der Waals surface area contributed by atoms with E-state index < -0.39 is 5.97 Å². The number of carbonyl (C=O) groups excluding carboxylic acids is 2. The maximum Gasteiger partial charge on any atom is 0.348 e. The largest absolute Gasteiger partial charge is 0.465 e. The molecule has 29 heavy (non-hydrogen) atoms. The standard InChI is InChI=1S/C18H18BrN5O4S/c1-9-14-16(26)22-12(23-17(14)29-15(9)18(27)28-3)7-24(2)8-13(25)21-11-5-4-10(19)6-20-11/h4-6H,7-8H2,1-3H3,(H,20,21,25)(H,22,23,26). The van der Waals surface area contributed by atoms with Crippen LogP contribution >= 0.6 is 27.3 Å². The van der Waals surface area contributed by atoms with Crippen LogP contribution in [0.15, 0.2) is 27.6 Å². The Morgan fingerprint density at radius 2 is 2.14 bits per heavy atom. The quantitative estimate of drug-likeness (QED) is 0.520. The van der Waals surface area contributed by atoms with E-state index in [2.05, 4.69) is 36.2 Å². The minimum absolute atomic E-state index is 0.0797. The van der Waals surface area contributed by atoms with Crippen LogP contribution in [0.4, 0.5) is 5.82 Å². The molecule has 9 nitrogen and oxygen atoms in total. The average Bonchev–Trinajstić information content (AvgIpc) is 2.99. The summed E-state index contributed by atoms with van der Waals surface area (Å²) in [5.74, 6) is 0.105. The van der Waals surface area contributed by atoms with Crippen molar-refractivity contribution in [1.82, 2.24) is 19.9 Å². The van der Waals surface area contributed by atoms with Gasteiger partial charge in [-0.1, -0.05) is 0 Å². The Kier molecular flexibility index (Phi) is 6.40. The second-order valence-electron chi connectivity index (χ2n) is 6.32. The second-order valence-corrected chi connectivity index (χ2v) is 8.24. The number of hydrogen-bond donors (Lipinski definition) is 2. The van der Waals surface area contributed by atoms with E-state index in [9.17, 15) is 14.4 Å². The number of hydrogen-bond acceptors (Lipinski definition) is 8. The van der Waals surface area contributed by atoms with Gasteiger partial charge < -0.3 is 15.0 Å². The van der Waals surface area contributed by atoms with Crippen LogP contribution in [0.2, 0.25) is 0 Å². The lowest BCUT2D eigenvalue weighted by atomic mass is 10.2. The maximum absolute atomic E-state index is 12.5. The molecule has 3 aromatic rings. The molecule has 0 bridgehead atoms. The van der Waals surface area contributed by atoms with Crippen molar-refractivity contribution < 1.29 is 14.3 Å². The summed E-state index contributed by atoms with van der Waals surface area (Å²) in [6.45, 7) is 2.02. The molecule has 0 radical (unpaired) electrons. The van der Waals surface area contributed by atoms with Gasteiger partial charge in [0.1, 0.15) is 21.3 Å². The van der Waals surface area contributed by atoms with Crippen molar-refractivity contribution in [2.75, 3.05) is 26.0 Å². The van der Waals surface area contributed by atoms with Crippen LogP contribution < -0.4 is 10.9 Å². The van der Waals surface area contributed by atoms with Crippen molar-refractivity contribution in [2.45, 2.75) is 13.5 Å². The second kappa shape index (κ2) is 8.80. The molecule has 3 aromatic heterocycles. The van der Waals surface area contributed by atoms with E-state index in [1.54, 1.807) is 37.2 Å². The summed E-state index contributed by atoms with van der Waals surface area (Å²) in [5.41, 5.74) is 0.220. The Morgan fingerprint density at radius 1 is 1.38 bits per heavy atom. The number of aromatic amines is 1. The van der Waals surface area contributed by atoms with Crippen molar-refractivity contribution in [3.8, 4) is 0 Å². The summed E-state index contributed by atoms with van der Waals surface area (Å²) in [4.78, 5) is 50.3. The highest BCUT2D eigenvalue weighted by Gasteiger charge is 2.20. The van der Waals surface area contributed by atoms with E-state index in [-0.39, 0.29) is 24.6 Å². The predicted octanol–water partition coefficient (Wildman–Crippen LogP) is 2.31. The third kappa shape index (κ3) is 4.86. The first-order chi connectivity index (χ1) is 13.8. The molecule has 3 rings (SSSR count). The molecule has 0 saturated heterocycles. The normalized spacial score (nSPS) is 11.1. The summed E-state index contributed by atoms with van der Waals surface area (Å²) in [6.07, 6.45) is 1.59. The predicted molar refractivity (Wildman–Crippen MR) is 113 cm³/mol. The first-order valence-corrected chi connectivity index (χ1v) is 10.1. The summed E-state index contributed by atoms with van der Waals surface area (Å²) >= 11 is 4.40. The molecule has 0 fully saturated rings. The molecule has 152 valence electrons. The molecule has 0 spiro atoms. The van der Waals surface area contributed by atoms with Crippen LogP contribution in [-0.2, 0) is 16.1 Å². The van der Waals surface area contributed by atoms with E-state index in [4.69, 9.17) is 4.74 Å². The SMILES string of the molecule is COC(=O)c1sc2nc(CN(C)CC(=O)Nc3ccc(Br)cn3)[nH]c(=O)c2c1C. The molecule has 0 aliphatic carbocycles. The van der Waals surface area contributed by atoms with Crippen molar-refractivity contribution in [3.63, 3.8) is 0 Å². The average molecular weight is 480 g/mol. The van der Waals surface area contributed by atoms with Crippen LogP contribution in [-0.4, -0.2) is 52.4 Å². The molecule has 3 heterocycles. The number of fused-ring (bicyclic) bond motifs is 1. The van der Waals surface area contributed by atoms with Crippen molar-refractivity contribution >= 4 is 55.2 Å². The molecule has 0 atom stereocenters. The van der Waals surface area contributed by atoms with Gasteiger partial charge in [0.15, 0.2) is 0 Å². The van der Waals surface area contributed by atoms with Gasteiger partial charge in [0, 0.05) is 10.7 Å². The highest BCUT2D eigenvalue weighted by Crippen LogP contribution is 2.27. The number of likely N-dealkylation sites (N-methyl/N-ethyl adjacent to an activating group) is 1. The topological polar surface area (TPSA) is 117 Å². The third-order valence-electron chi connectivity index (χ3n) is 4.05. The number of nitrogens with zero attached hydrogens (tertiary/aromatic N) is 3. The van der Waals surface area contributed by atoms with Crippen LogP contribution in [0.1, 0.15) is 21.1 Å². The maximum atomic E-state index is 12.5. The van der Waals surface area contributed by atoms with Gasteiger partial charge in [-0.15, -0.1) is 11.3 Å². The number of pyridine rings is 1. The Hall–Kier alpha value is -2.63. The lowest BCUT2D eigenvalue weighted by Crippen LogP contribution is -2.31. The fourth-order valence-electron chi connectivity index (χ4n) is 2.74. The fraction of sp³-hybridized carbons (Fsp3) is 0.278. The summed E-state index contributed by atoms with van der Waals surface area (Å²) in [7, 11) is 3.03. The molecule has 0 unspecified atom stereocenters. The minimum Gasteiger partial charge on any atom is -0.465 e. The number of nitrogens with one attached hydrogen (secondary N) is 2. The molecule has 0 aliphatic rings. The number of anilines is 1. The number of aryl methyl sites for hydroxylation is 1. The highest BCUT2D eigenvalue weighted by molar-refractivity contribution is 9.10. The summed E-state index contributed by atoms with van der Waals surface area (Å²) in [6, 6.07) is 3.47. The lowest BCUT2D eigenvalue weighted by Gasteiger charge is -2.15. The van der Waals surface area contributed by atoms with Crippen LogP contribution in [0, 0.1) is 6.92 Å². The number of halogens is 1. The van der Waals surface area contributed by atoms with Crippen molar-refractivity contribution in [1.29, 1.82) is 0 Å². The highest BCUT2D eigenvalue weighted by atomic mass is 79.9. The Morgan fingerprint density at radius 3 is 2.79 bits per heavy atom. The monoisotopic (exact) mass is 479 g/mol. The molecular formula is C18H18BrN5O4S. The minimum atomic E-state index is -0.498. The van der Waals surface area contributed by atoms with Gasteiger partial charge in [-0.3, -0.25) is 14.5 Å². The number of aromatic nitrogens is 3. The van der Waals surface area contributed by atoms with Gasteiger partial charge >= 0.3 is 5.97 Å². The number of esters is 1. The molecule has 0 saturated carbocycles. The summed E-state index contributed by atoms with van der Waals surface area (Å²) in [5, 5.41) is 3.08. The number of amides is 1. The number of ether oxygens (including phenoxy) is 1. The number of thiophene rings is 1. The van der Waals surface area contributed by atoms with Gasteiger partial charge in [0.25, 0.3) is 5.56 Å². The molecule has 11 heteroatoms. The molecule has 1 amide bonds. The van der Waals surface area contributed by atoms with E-state index in [1.165, 1.54) is 7.11 Å². The number of methoxy groups -OCH3 is 1. The summed E-state index contributed by atoms with van der Waals surface area (Å²) < 4.78 is 5.57. The number of carbonyl (C=O) groups is 2. The zero-order valence-electron chi connectivity index (χ0n) is 15.9. The Labute approximate surface area is 178 Å². The van der Waals surface area contributed by atoms with E-state index in [0.717, 1.165) is 15.8 Å². The van der Waals surface area contributed by atoms with Crippen LogP contribution in [0.3, 0.4) is 0 Å². The first-order valence-electron chi connectivity index (χ1n) is 8.49. The Balaban J connectivity index is 1.72. The van der Waals surface area contributed by atoms with Gasteiger partial charge in [0.05, 0.1) is 25.6 Å². The molecule has 0 aromatic carbocycles. The number of rotatable bonds is 6. The van der Waals surface area contributed by atoms with Crippen LogP contribution in [0.25, 0.3) is 10.2 Å². The molecular weight excluding hydrogens is 462 g/mol. The molecule has 0 aliphatic heterocycles. The van der Waals surface area contributed by atoms with Crippen molar-refractivity contribution in [3.05, 3.63) is 49.4 Å². The van der Waals surface area contributed by atoms with E-state index >= 15 is 0 Å². The lowest BCUT2D eigenvalue weighted by molar-refractivity contribution is -0.117. The van der Waals surface area contributed by atoms with Gasteiger partial charge in [-0.2, -0.15) is 0 Å². The molecule has 2 N–H and O–H groups in total. The first kappa shape index (κ1) is 21.1. The van der Waals surface area contributed by atoms with E-state index in [0.29, 0.717) is 32.3 Å². The van der Waals surface area contributed by atoms with Crippen molar-refractivity contribution in [2.24, 2.45) is 0 Å². The third-order valence-corrected chi connectivity index (χ3v) is 5.68. The van der Waals surface area contributed by atoms with Gasteiger partial charge in [-0.05, 0) is 47.6 Å². The fourth-order valence-corrected chi connectivity index (χ4v) is 4.09. The van der Waals surface area contributed by atoms with Gasteiger partial charge in [-0.25, -0.2) is 14.8 Å². The number of H-pyrrole nitrogens is 1. The van der Waals surface area contributed by atoms with Gasteiger partial charge in [0.2, 0.25) is 5.91 Å². The van der Waals surface area contributed by atoms with Crippen LogP contribution in [0.5, 0.6) is 0 Å². The zero-order valence-corrected chi connectivity index (χ0v) is 18.3. The Bertz CT molecular complexity index is 1130. The van der Waals surface area contributed by atoms with E-state index in [1.807, 2.05) is 0 Å².